The van der Waals surface area contributed by atoms with Crippen molar-refractivity contribution in [3.05, 3.63) is 24.3 Å². The second-order valence-corrected chi connectivity index (χ2v) is 4.48. The van der Waals surface area contributed by atoms with Crippen LogP contribution in [-0.2, 0) is 0 Å². The lowest BCUT2D eigenvalue weighted by atomic mass is 10.1. The SMILES string of the molecule is CCOc1ccccc1OCCC(C)CCCl. The molecule has 0 spiro atoms. The number of rotatable bonds is 8. The van der Waals surface area contributed by atoms with Crippen molar-refractivity contribution in [1.82, 2.24) is 0 Å². The number of ether oxygens (including phenoxy) is 2. The molecule has 2 nitrogen and oxygen atoms in total. The average Bonchev–Trinajstić information content (AvgIpc) is 2.32. The molecule has 1 rings (SSSR count). The minimum Gasteiger partial charge on any atom is -0.490 e. The highest BCUT2D eigenvalue weighted by Gasteiger charge is 2.05. The zero-order chi connectivity index (χ0) is 12.5. The second kappa shape index (κ2) is 8.24. The van der Waals surface area contributed by atoms with Gasteiger partial charge in [-0.2, -0.15) is 0 Å². The first-order valence-corrected chi connectivity index (χ1v) is 6.72. The monoisotopic (exact) mass is 256 g/mol. The van der Waals surface area contributed by atoms with Crippen LogP contribution in [0.1, 0.15) is 26.7 Å². The first-order chi connectivity index (χ1) is 8.27. The van der Waals surface area contributed by atoms with E-state index < -0.39 is 0 Å². The predicted octanol–water partition coefficient (Wildman–Crippen LogP) is 4.12. The van der Waals surface area contributed by atoms with Crippen LogP contribution in [0, 0.1) is 5.92 Å². The molecule has 96 valence electrons. The molecule has 3 heteroatoms. The molecule has 17 heavy (non-hydrogen) atoms. The van der Waals surface area contributed by atoms with Gasteiger partial charge in [-0.15, -0.1) is 11.6 Å². The van der Waals surface area contributed by atoms with Crippen molar-refractivity contribution in [2.24, 2.45) is 5.92 Å². The van der Waals surface area contributed by atoms with Crippen LogP contribution in [-0.4, -0.2) is 19.1 Å². The maximum Gasteiger partial charge on any atom is 0.161 e. The van der Waals surface area contributed by atoms with E-state index in [4.69, 9.17) is 21.1 Å². The molecule has 0 aliphatic rings. The lowest BCUT2D eigenvalue weighted by molar-refractivity contribution is 0.257. The van der Waals surface area contributed by atoms with E-state index >= 15 is 0 Å². The Hall–Kier alpha value is -0.890. The Labute approximate surface area is 109 Å². The molecule has 1 aromatic rings. The number of alkyl halides is 1. The predicted molar refractivity (Wildman–Crippen MR) is 72.2 cm³/mol. The van der Waals surface area contributed by atoms with Gasteiger partial charge >= 0.3 is 0 Å². The summed E-state index contributed by atoms with van der Waals surface area (Å²) in [5.74, 6) is 2.97. The van der Waals surface area contributed by atoms with Crippen molar-refractivity contribution >= 4 is 11.6 Å². The number of para-hydroxylation sites is 2. The summed E-state index contributed by atoms with van der Waals surface area (Å²) in [6, 6.07) is 7.78. The van der Waals surface area contributed by atoms with E-state index in [-0.39, 0.29) is 0 Å². The van der Waals surface area contributed by atoms with Crippen molar-refractivity contribution in [3.63, 3.8) is 0 Å². The maximum atomic E-state index is 5.74. The van der Waals surface area contributed by atoms with Crippen molar-refractivity contribution in [2.45, 2.75) is 26.7 Å². The third-order valence-corrected chi connectivity index (χ3v) is 2.84. The largest absolute Gasteiger partial charge is 0.490 e. The second-order valence-electron chi connectivity index (χ2n) is 4.10. The third kappa shape index (κ3) is 5.31. The molecule has 0 heterocycles. The topological polar surface area (TPSA) is 18.5 Å². The summed E-state index contributed by atoms with van der Waals surface area (Å²) in [5, 5.41) is 0. The zero-order valence-electron chi connectivity index (χ0n) is 10.6. The van der Waals surface area contributed by atoms with Crippen molar-refractivity contribution in [2.75, 3.05) is 19.1 Å². The lowest BCUT2D eigenvalue weighted by Gasteiger charge is -2.13. The van der Waals surface area contributed by atoms with Crippen LogP contribution in [0.2, 0.25) is 0 Å². The lowest BCUT2D eigenvalue weighted by Crippen LogP contribution is -2.05. The molecule has 0 aliphatic carbocycles. The number of hydrogen-bond acceptors (Lipinski definition) is 2. The normalized spacial score (nSPS) is 12.2. The smallest absolute Gasteiger partial charge is 0.161 e. The molecule has 0 saturated heterocycles. The number of benzene rings is 1. The molecular weight excluding hydrogens is 236 g/mol. The summed E-state index contributed by atoms with van der Waals surface area (Å²) in [5.41, 5.74) is 0. The molecule has 0 saturated carbocycles. The molecule has 0 fully saturated rings. The summed E-state index contributed by atoms with van der Waals surface area (Å²) in [6.07, 6.45) is 2.06. The summed E-state index contributed by atoms with van der Waals surface area (Å²) in [7, 11) is 0. The first-order valence-electron chi connectivity index (χ1n) is 6.18. The van der Waals surface area contributed by atoms with E-state index in [0.717, 1.165) is 30.2 Å². The fourth-order valence-corrected chi connectivity index (χ4v) is 1.92. The minimum absolute atomic E-state index is 0.603. The zero-order valence-corrected chi connectivity index (χ0v) is 11.4. The molecule has 0 radical (unpaired) electrons. The van der Waals surface area contributed by atoms with E-state index in [1.807, 2.05) is 31.2 Å². The molecule has 1 unspecified atom stereocenters. The third-order valence-electron chi connectivity index (χ3n) is 2.62. The molecule has 0 aliphatic heterocycles. The Bertz CT molecular complexity index is 315. The summed E-state index contributed by atoms with van der Waals surface area (Å²) >= 11 is 5.70. The van der Waals surface area contributed by atoms with Gasteiger partial charge in [-0.25, -0.2) is 0 Å². The number of halogens is 1. The highest BCUT2D eigenvalue weighted by molar-refractivity contribution is 6.17. The Balaban J connectivity index is 2.40. The highest BCUT2D eigenvalue weighted by atomic mass is 35.5. The van der Waals surface area contributed by atoms with Crippen molar-refractivity contribution in [3.8, 4) is 11.5 Å². The van der Waals surface area contributed by atoms with Crippen LogP contribution < -0.4 is 9.47 Å². The van der Waals surface area contributed by atoms with E-state index in [1.54, 1.807) is 0 Å². The van der Waals surface area contributed by atoms with Gasteiger partial charge in [0.15, 0.2) is 11.5 Å². The van der Waals surface area contributed by atoms with Crippen LogP contribution in [0.3, 0.4) is 0 Å². The standard InChI is InChI=1S/C14H21ClO2/c1-3-16-13-6-4-5-7-14(13)17-11-9-12(2)8-10-15/h4-7,12H,3,8-11H2,1-2H3. The first kappa shape index (κ1) is 14.2. The summed E-state index contributed by atoms with van der Waals surface area (Å²) in [6.45, 7) is 5.53. The Kier molecular flexibility index (Phi) is 6.87. The van der Waals surface area contributed by atoms with Crippen LogP contribution in [0.25, 0.3) is 0 Å². The van der Waals surface area contributed by atoms with Gasteiger partial charge in [-0.3, -0.25) is 0 Å². The molecule has 0 aromatic heterocycles. The molecule has 1 atom stereocenters. The maximum absolute atomic E-state index is 5.74. The van der Waals surface area contributed by atoms with E-state index in [0.29, 0.717) is 19.1 Å². The van der Waals surface area contributed by atoms with Crippen LogP contribution >= 0.6 is 11.6 Å². The number of hydrogen-bond donors (Lipinski definition) is 0. The van der Waals surface area contributed by atoms with Crippen molar-refractivity contribution in [1.29, 1.82) is 0 Å². The molecule has 0 amide bonds. The van der Waals surface area contributed by atoms with Gasteiger partial charge in [0, 0.05) is 5.88 Å². The summed E-state index contributed by atoms with van der Waals surface area (Å²) in [4.78, 5) is 0. The van der Waals surface area contributed by atoms with Crippen molar-refractivity contribution < 1.29 is 9.47 Å². The van der Waals surface area contributed by atoms with Gasteiger partial charge in [0.2, 0.25) is 0 Å². The quantitative estimate of drug-likeness (QED) is 0.652. The Morgan fingerprint density at radius 3 is 2.35 bits per heavy atom. The van der Waals surface area contributed by atoms with Gasteiger partial charge in [0.25, 0.3) is 0 Å². The molecular formula is C14H21ClO2. The highest BCUT2D eigenvalue weighted by Crippen LogP contribution is 2.26. The van der Waals surface area contributed by atoms with Gasteiger partial charge in [-0.1, -0.05) is 19.1 Å². The molecule has 0 N–H and O–H groups in total. The van der Waals surface area contributed by atoms with Crippen LogP contribution in [0.15, 0.2) is 24.3 Å². The Morgan fingerprint density at radius 2 is 1.76 bits per heavy atom. The van der Waals surface area contributed by atoms with Gasteiger partial charge in [0.1, 0.15) is 0 Å². The van der Waals surface area contributed by atoms with E-state index in [9.17, 15) is 0 Å². The van der Waals surface area contributed by atoms with Gasteiger partial charge in [0.05, 0.1) is 13.2 Å². The fourth-order valence-electron chi connectivity index (χ4n) is 1.54. The average molecular weight is 257 g/mol. The Morgan fingerprint density at radius 1 is 1.12 bits per heavy atom. The van der Waals surface area contributed by atoms with E-state index in [1.165, 1.54) is 0 Å². The molecule has 0 bridgehead atoms. The fraction of sp³-hybridized carbons (Fsp3) is 0.571. The minimum atomic E-state index is 0.603. The van der Waals surface area contributed by atoms with Crippen LogP contribution in [0.5, 0.6) is 11.5 Å². The summed E-state index contributed by atoms with van der Waals surface area (Å²) < 4.78 is 11.2. The van der Waals surface area contributed by atoms with Crippen LogP contribution in [0.4, 0.5) is 0 Å². The van der Waals surface area contributed by atoms with E-state index in [2.05, 4.69) is 6.92 Å². The van der Waals surface area contributed by atoms with Gasteiger partial charge in [-0.05, 0) is 37.8 Å². The van der Waals surface area contributed by atoms with Gasteiger partial charge < -0.3 is 9.47 Å². The molecule has 1 aromatic carbocycles.